The molecule has 106 valence electrons. The number of nitrogens with two attached hydrogens (primary N) is 2. The molecule has 2 rings (SSSR count). The zero-order valence-electron chi connectivity index (χ0n) is 11.6. The van der Waals surface area contributed by atoms with Crippen LogP contribution in [0.5, 0.6) is 11.5 Å². The first kappa shape index (κ1) is 14.1. The van der Waals surface area contributed by atoms with Gasteiger partial charge >= 0.3 is 0 Å². The van der Waals surface area contributed by atoms with Crippen LogP contribution < -0.4 is 20.9 Å². The summed E-state index contributed by atoms with van der Waals surface area (Å²) >= 11 is 0. The maximum atomic E-state index is 5.67. The second kappa shape index (κ2) is 6.70. The normalized spacial score (nSPS) is 10.5. The Morgan fingerprint density at radius 3 is 1.45 bits per heavy atom. The van der Waals surface area contributed by atoms with E-state index in [9.17, 15) is 0 Å². The van der Waals surface area contributed by atoms with E-state index in [2.05, 4.69) is 6.92 Å². The molecule has 0 aliphatic rings. The molecule has 0 bridgehead atoms. The molecule has 0 radical (unpaired) electrons. The van der Waals surface area contributed by atoms with Crippen molar-refractivity contribution in [3.8, 4) is 11.5 Å². The molecule has 0 aromatic heterocycles. The van der Waals surface area contributed by atoms with Crippen molar-refractivity contribution in [3.05, 3.63) is 48.5 Å². The van der Waals surface area contributed by atoms with Crippen LogP contribution in [0.1, 0.15) is 6.92 Å². The third kappa shape index (κ3) is 4.39. The van der Waals surface area contributed by atoms with Crippen LogP contribution in [0.4, 0.5) is 11.4 Å². The van der Waals surface area contributed by atoms with Gasteiger partial charge < -0.3 is 20.9 Å². The molecule has 0 fully saturated rings. The van der Waals surface area contributed by atoms with E-state index < -0.39 is 0 Å². The molecule has 0 atom stereocenters. The fraction of sp³-hybridized carbons (Fsp3) is 0.250. The van der Waals surface area contributed by atoms with Crippen molar-refractivity contribution < 1.29 is 9.47 Å². The van der Waals surface area contributed by atoms with Crippen LogP contribution in [-0.2, 0) is 0 Å². The summed E-state index contributed by atoms with van der Waals surface area (Å²) in [5, 5.41) is 0. The molecule has 4 N–H and O–H groups in total. The van der Waals surface area contributed by atoms with E-state index in [1.54, 1.807) is 0 Å². The smallest absolute Gasteiger partial charge is 0.119 e. The summed E-state index contributed by atoms with van der Waals surface area (Å²) in [6.07, 6.45) is 0. The van der Waals surface area contributed by atoms with E-state index in [1.165, 1.54) is 0 Å². The van der Waals surface area contributed by atoms with Crippen molar-refractivity contribution in [1.82, 2.24) is 0 Å². The molecular weight excluding hydrogens is 252 g/mol. The van der Waals surface area contributed by atoms with Crippen molar-refractivity contribution >= 4 is 11.4 Å². The monoisotopic (exact) mass is 272 g/mol. The standard InChI is InChI=1S/C16H20N2O2/c1-12(10-19-15-6-2-13(17)3-7-15)11-20-16-8-4-14(18)5-9-16/h2-9,12H,10-11,17-18H2,1H3. The van der Waals surface area contributed by atoms with Crippen LogP contribution in [0.25, 0.3) is 0 Å². The molecule has 0 aliphatic carbocycles. The Balaban J connectivity index is 1.73. The number of hydrogen-bond acceptors (Lipinski definition) is 4. The Morgan fingerprint density at radius 2 is 1.10 bits per heavy atom. The second-order valence-electron chi connectivity index (χ2n) is 4.87. The lowest BCUT2D eigenvalue weighted by Gasteiger charge is -2.14. The average Bonchev–Trinajstić information content (AvgIpc) is 2.46. The Morgan fingerprint density at radius 1 is 0.750 bits per heavy atom. The lowest BCUT2D eigenvalue weighted by molar-refractivity contribution is 0.188. The summed E-state index contributed by atoms with van der Waals surface area (Å²) in [6, 6.07) is 14.8. The van der Waals surface area contributed by atoms with Gasteiger partial charge in [0.2, 0.25) is 0 Å². The summed E-state index contributed by atoms with van der Waals surface area (Å²) in [4.78, 5) is 0. The first-order valence-electron chi connectivity index (χ1n) is 6.60. The second-order valence-corrected chi connectivity index (χ2v) is 4.87. The van der Waals surface area contributed by atoms with Gasteiger partial charge in [-0.25, -0.2) is 0 Å². The highest BCUT2D eigenvalue weighted by Crippen LogP contribution is 2.16. The largest absolute Gasteiger partial charge is 0.493 e. The van der Waals surface area contributed by atoms with Gasteiger partial charge in [0.05, 0.1) is 13.2 Å². The third-order valence-corrected chi connectivity index (χ3v) is 2.83. The number of hydrogen-bond donors (Lipinski definition) is 2. The maximum absolute atomic E-state index is 5.67. The molecule has 2 aromatic carbocycles. The van der Waals surface area contributed by atoms with Crippen LogP contribution >= 0.6 is 0 Å². The fourth-order valence-electron chi connectivity index (χ4n) is 1.65. The minimum Gasteiger partial charge on any atom is -0.493 e. The van der Waals surface area contributed by atoms with Gasteiger partial charge in [-0.15, -0.1) is 0 Å². The van der Waals surface area contributed by atoms with Gasteiger partial charge in [0, 0.05) is 17.3 Å². The molecule has 4 nitrogen and oxygen atoms in total. The van der Waals surface area contributed by atoms with Crippen LogP contribution in [0.15, 0.2) is 48.5 Å². The SMILES string of the molecule is CC(COc1ccc(N)cc1)COc1ccc(N)cc1. The lowest BCUT2D eigenvalue weighted by Crippen LogP contribution is -2.16. The predicted octanol–water partition coefficient (Wildman–Crippen LogP) is 2.94. The first-order chi connectivity index (χ1) is 9.63. The van der Waals surface area contributed by atoms with E-state index in [0.717, 1.165) is 22.9 Å². The highest BCUT2D eigenvalue weighted by atomic mass is 16.5. The molecule has 0 saturated heterocycles. The van der Waals surface area contributed by atoms with E-state index in [4.69, 9.17) is 20.9 Å². The van der Waals surface area contributed by atoms with Crippen molar-refractivity contribution in [2.24, 2.45) is 5.92 Å². The minimum atomic E-state index is 0.283. The number of anilines is 2. The Bertz CT molecular complexity index is 474. The molecule has 0 amide bonds. The van der Waals surface area contributed by atoms with Crippen LogP contribution in [0, 0.1) is 5.92 Å². The molecule has 0 aliphatic heterocycles. The number of benzene rings is 2. The van der Waals surface area contributed by atoms with Gasteiger partial charge in [0.1, 0.15) is 11.5 Å². The van der Waals surface area contributed by atoms with E-state index >= 15 is 0 Å². The van der Waals surface area contributed by atoms with E-state index in [1.807, 2.05) is 48.5 Å². The minimum absolute atomic E-state index is 0.283. The van der Waals surface area contributed by atoms with E-state index in [0.29, 0.717) is 13.2 Å². The quantitative estimate of drug-likeness (QED) is 0.793. The van der Waals surface area contributed by atoms with Crippen LogP contribution in [0.3, 0.4) is 0 Å². The third-order valence-electron chi connectivity index (χ3n) is 2.83. The molecule has 0 spiro atoms. The van der Waals surface area contributed by atoms with Gasteiger partial charge in [0.15, 0.2) is 0 Å². The van der Waals surface area contributed by atoms with E-state index in [-0.39, 0.29) is 5.92 Å². The maximum Gasteiger partial charge on any atom is 0.119 e. The zero-order valence-corrected chi connectivity index (χ0v) is 11.6. The van der Waals surface area contributed by atoms with Crippen molar-refractivity contribution in [3.63, 3.8) is 0 Å². The topological polar surface area (TPSA) is 70.5 Å². The molecule has 0 heterocycles. The highest BCUT2D eigenvalue weighted by Gasteiger charge is 2.05. The first-order valence-corrected chi connectivity index (χ1v) is 6.60. The fourth-order valence-corrected chi connectivity index (χ4v) is 1.65. The van der Waals surface area contributed by atoms with Crippen LogP contribution in [-0.4, -0.2) is 13.2 Å². The van der Waals surface area contributed by atoms with Crippen LogP contribution in [0.2, 0.25) is 0 Å². The van der Waals surface area contributed by atoms with Gasteiger partial charge in [-0.05, 0) is 48.5 Å². The summed E-state index contributed by atoms with van der Waals surface area (Å²) in [5.41, 5.74) is 12.7. The summed E-state index contributed by atoms with van der Waals surface area (Å²) < 4.78 is 11.3. The van der Waals surface area contributed by atoms with Crippen molar-refractivity contribution in [1.29, 1.82) is 0 Å². The number of rotatable bonds is 6. The Labute approximate surface area is 119 Å². The van der Waals surface area contributed by atoms with Crippen molar-refractivity contribution in [2.75, 3.05) is 24.7 Å². The summed E-state index contributed by atoms with van der Waals surface area (Å²) in [6.45, 7) is 3.27. The van der Waals surface area contributed by atoms with Gasteiger partial charge in [-0.1, -0.05) is 6.92 Å². The molecule has 0 unspecified atom stereocenters. The average molecular weight is 272 g/mol. The zero-order chi connectivity index (χ0) is 14.4. The summed E-state index contributed by atoms with van der Waals surface area (Å²) in [7, 11) is 0. The Kier molecular flexibility index (Phi) is 4.71. The predicted molar refractivity (Wildman–Crippen MR) is 81.9 cm³/mol. The van der Waals surface area contributed by atoms with Gasteiger partial charge in [0.25, 0.3) is 0 Å². The highest BCUT2D eigenvalue weighted by molar-refractivity contribution is 5.42. The molecule has 20 heavy (non-hydrogen) atoms. The Hall–Kier alpha value is -2.36. The number of nitrogen functional groups attached to an aromatic ring is 2. The molecule has 4 heteroatoms. The number of ether oxygens (including phenoxy) is 2. The molecular formula is C16H20N2O2. The summed E-state index contributed by atoms with van der Waals surface area (Å²) in [5.74, 6) is 1.92. The molecule has 2 aromatic rings. The lowest BCUT2D eigenvalue weighted by atomic mass is 10.2. The molecule has 0 saturated carbocycles. The van der Waals surface area contributed by atoms with Gasteiger partial charge in [-0.2, -0.15) is 0 Å². The van der Waals surface area contributed by atoms with Crippen molar-refractivity contribution in [2.45, 2.75) is 6.92 Å². The van der Waals surface area contributed by atoms with Gasteiger partial charge in [-0.3, -0.25) is 0 Å².